The Labute approximate surface area is 288 Å². The number of halogens is 1. The number of fused-ring (bicyclic) bond motifs is 4. The van der Waals surface area contributed by atoms with Gasteiger partial charge in [-0.2, -0.15) is 0 Å². The standard InChI is InChI=1S/C36H36N2O10.ClH/c1-17-31(40)22(37-16-38-12-11-19-7-4-5-9-23(19)38)13-26(47-17)48-25-15-36(45,18(2)39)14-21-28(25)35(44)30-29(33(21)42)32(41)20-8-6-10-24(46-3)27(20)34(30)43;/h4-10,16-17,22,25-26,31,40,42,44-45H,11-15H2,1-3H3;1H/t17?,22-,25-,26?,31?,36?;/m0./s1. The summed E-state index contributed by atoms with van der Waals surface area (Å²) in [5, 5.41) is 45.8. The number of phenolic OH excluding ortho intramolecular Hbond substituents is 2. The van der Waals surface area contributed by atoms with E-state index < -0.39 is 82.6 Å². The number of carbonyl (C=O) groups excluding carboxylic acids is 3. The van der Waals surface area contributed by atoms with Crippen molar-refractivity contribution < 1.29 is 49.0 Å². The third-order valence-corrected chi connectivity index (χ3v) is 10.0. The smallest absolute Gasteiger partial charge is 0.202 e. The number of aliphatic hydroxyl groups excluding tert-OH is 1. The molecule has 3 aromatic carbocycles. The van der Waals surface area contributed by atoms with Gasteiger partial charge in [-0.1, -0.05) is 30.3 Å². The number of aromatic hydroxyl groups is 2. The summed E-state index contributed by atoms with van der Waals surface area (Å²) >= 11 is 0. The number of carbonyl (C=O) groups is 3. The van der Waals surface area contributed by atoms with Gasteiger partial charge in [0.2, 0.25) is 5.78 Å². The van der Waals surface area contributed by atoms with Crippen LogP contribution in [-0.4, -0.2) is 87.9 Å². The third kappa shape index (κ3) is 5.57. The molecule has 12 nitrogen and oxygen atoms in total. The van der Waals surface area contributed by atoms with Crippen LogP contribution in [0.3, 0.4) is 0 Å². The molecule has 4 aliphatic rings. The Kier molecular flexibility index (Phi) is 9.05. The molecule has 0 aromatic heterocycles. The van der Waals surface area contributed by atoms with Crippen LogP contribution in [0.25, 0.3) is 0 Å². The highest BCUT2D eigenvalue weighted by molar-refractivity contribution is 6.31. The van der Waals surface area contributed by atoms with Crippen molar-refractivity contribution in [3.05, 3.63) is 81.4 Å². The predicted molar refractivity (Wildman–Crippen MR) is 179 cm³/mol. The lowest BCUT2D eigenvalue weighted by atomic mass is 9.72. The van der Waals surface area contributed by atoms with Crippen LogP contribution < -0.4 is 9.64 Å². The van der Waals surface area contributed by atoms with Crippen molar-refractivity contribution in [1.29, 1.82) is 0 Å². The summed E-state index contributed by atoms with van der Waals surface area (Å²) in [6, 6.07) is 11.8. The van der Waals surface area contributed by atoms with Crippen molar-refractivity contribution in [2.45, 2.75) is 75.8 Å². The van der Waals surface area contributed by atoms with Gasteiger partial charge in [0.05, 0.1) is 48.4 Å². The Hall–Kier alpha value is -4.33. The van der Waals surface area contributed by atoms with Gasteiger partial charge < -0.3 is 39.5 Å². The zero-order valence-corrected chi connectivity index (χ0v) is 27.9. The van der Waals surface area contributed by atoms with Crippen molar-refractivity contribution >= 4 is 41.8 Å². The van der Waals surface area contributed by atoms with Gasteiger partial charge in [0.25, 0.3) is 0 Å². The molecular weight excluding hydrogens is 656 g/mol. The van der Waals surface area contributed by atoms with Gasteiger partial charge in [-0.15, -0.1) is 12.4 Å². The van der Waals surface area contributed by atoms with Crippen LogP contribution in [0.1, 0.15) is 81.3 Å². The lowest BCUT2D eigenvalue weighted by Gasteiger charge is -2.42. The van der Waals surface area contributed by atoms with Crippen LogP contribution >= 0.6 is 12.4 Å². The van der Waals surface area contributed by atoms with Crippen LogP contribution in [0.5, 0.6) is 17.2 Å². The minimum Gasteiger partial charge on any atom is -0.507 e. The van der Waals surface area contributed by atoms with Crippen LogP contribution in [0, 0.1) is 0 Å². The molecule has 2 aliphatic carbocycles. The summed E-state index contributed by atoms with van der Waals surface area (Å²) in [5.41, 5.74) is -0.820. The second kappa shape index (κ2) is 12.8. The largest absolute Gasteiger partial charge is 0.507 e. The minimum atomic E-state index is -2.03. The van der Waals surface area contributed by atoms with Crippen LogP contribution in [0.2, 0.25) is 0 Å². The molecule has 258 valence electrons. The van der Waals surface area contributed by atoms with Crippen LogP contribution in [-0.2, 0) is 27.1 Å². The molecule has 0 amide bonds. The van der Waals surface area contributed by atoms with Crippen molar-refractivity contribution in [1.82, 2.24) is 0 Å². The first-order valence-electron chi connectivity index (χ1n) is 15.9. The number of ketones is 3. The summed E-state index contributed by atoms with van der Waals surface area (Å²) < 4.78 is 17.7. The maximum absolute atomic E-state index is 13.9. The van der Waals surface area contributed by atoms with E-state index in [2.05, 4.69) is 11.1 Å². The van der Waals surface area contributed by atoms with E-state index in [-0.39, 0.29) is 53.3 Å². The number of methoxy groups -OCH3 is 1. The number of hydrogen-bond acceptors (Lipinski definition) is 11. The molecule has 4 N–H and O–H groups in total. The normalized spacial score (nSPS) is 27.2. The quantitative estimate of drug-likeness (QED) is 0.132. The number of nitrogens with zero attached hydrogens (tertiary/aromatic N) is 2. The average Bonchev–Trinajstić information content (AvgIpc) is 3.48. The topological polar surface area (TPSA) is 175 Å². The second-order valence-electron chi connectivity index (χ2n) is 12.9. The van der Waals surface area contributed by atoms with E-state index in [1.807, 2.05) is 23.1 Å². The first-order chi connectivity index (χ1) is 22.9. The fourth-order valence-electron chi connectivity index (χ4n) is 7.40. The Morgan fingerprint density at radius 1 is 1.06 bits per heavy atom. The van der Waals surface area contributed by atoms with E-state index in [1.165, 1.54) is 37.8 Å². The molecule has 7 rings (SSSR count). The lowest BCUT2D eigenvalue weighted by Crippen LogP contribution is -2.49. The number of ether oxygens (including phenoxy) is 3. The average molecular weight is 693 g/mol. The van der Waals surface area contributed by atoms with E-state index in [0.29, 0.717) is 0 Å². The number of anilines is 1. The fourth-order valence-corrected chi connectivity index (χ4v) is 7.40. The zero-order valence-electron chi connectivity index (χ0n) is 27.1. The van der Waals surface area contributed by atoms with Gasteiger partial charge in [0.15, 0.2) is 17.9 Å². The summed E-state index contributed by atoms with van der Waals surface area (Å²) in [4.78, 5) is 47.1. The number of Topliss-reactive ketones (excluding diaryl/α,β-unsaturated/α-hetero) is 1. The second-order valence-corrected chi connectivity index (χ2v) is 12.9. The van der Waals surface area contributed by atoms with Gasteiger partial charge >= 0.3 is 0 Å². The number of aliphatic imine (C=N–C) groups is 1. The van der Waals surface area contributed by atoms with Crippen molar-refractivity contribution in [3.63, 3.8) is 0 Å². The summed E-state index contributed by atoms with van der Waals surface area (Å²) in [6.07, 6.45) is -2.09. The maximum atomic E-state index is 13.9. The molecule has 0 radical (unpaired) electrons. The molecular formula is C36H37ClN2O10. The zero-order chi connectivity index (χ0) is 34.1. The molecule has 4 unspecified atom stereocenters. The first kappa shape index (κ1) is 34.5. The highest BCUT2D eigenvalue weighted by Crippen LogP contribution is 2.52. The molecule has 0 spiro atoms. The molecule has 1 fully saturated rings. The third-order valence-electron chi connectivity index (χ3n) is 10.0. The molecule has 2 aliphatic heterocycles. The molecule has 2 heterocycles. The van der Waals surface area contributed by atoms with Crippen LogP contribution in [0.4, 0.5) is 5.69 Å². The van der Waals surface area contributed by atoms with E-state index in [9.17, 15) is 34.8 Å². The van der Waals surface area contributed by atoms with Crippen molar-refractivity contribution in [3.8, 4) is 17.2 Å². The van der Waals surface area contributed by atoms with Gasteiger partial charge in [-0.05, 0) is 38.0 Å². The Balaban J connectivity index is 0.00000417. The predicted octanol–water partition coefficient (Wildman–Crippen LogP) is 3.58. The molecule has 6 atom stereocenters. The van der Waals surface area contributed by atoms with Gasteiger partial charge in [-0.3, -0.25) is 19.4 Å². The SMILES string of the molecule is COc1cccc2c1C(=O)c1c(O)c3c(c(O)c1C2=O)CC(O)(C(C)=O)C[C@@H]3OC1C[C@H](N=CN2CCc3ccccc32)C(O)C(C)O1.Cl. The minimum absolute atomic E-state index is 0. The highest BCUT2D eigenvalue weighted by Gasteiger charge is 2.49. The van der Waals surface area contributed by atoms with Gasteiger partial charge in [0.1, 0.15) is 29.0 Å². The fraction of sp³-hybridized carbons (Fsp3) is 0.389. The Bertz CT molecular complexity index is 1900. The number of phenols is 2. The molecule has 3 aromatic rings. The van der Waals surface area contributed by atoms with Crippen LogP contribution in [0.15, 0.2) is 47.5 Å². The Morgan fingerprint density at radius 3 is 2.53 bits per heavy atom. The first-order valence-corrected chi connectivity index (χ1v) is 15.9. The van der Waals surface area contributed by atoms with Gasteiger partial charge in [0, 0.05) is 48.2 Å². The van der Waals surface area contributed by atoms with Crippen molar-refractivity contribution in [2.75, 3.05) is 18.6 Å². The molecule has 49 heavy (non-hydrogen) atoms. The number of rotatable bonds is 6. The molecule has 13 heteroatoms. The number of para-hydroxylation sites is 1. The maximum Gasteiger partial charge on any atom is 0.202 e. The molecule has 0 bridgehead atoms. The van der Waals surface area contributed by atoms with Crippen molar-refractivity contribution in [2.24, 2.45) is 4.99 Å². The lowest BCUT2D eigenvalue weighted by molar-refractivity contribution is -0.246. The monoisotopic (exact) mass is 692 g/mol. The van der Waals surface area contributed by atoms with Gasteiger partial charge in [-0.25, -0.2) is 0 Å². The number of aliphatic hydroxyl groups is 2. The van der Waals surface area contributed by atoms with E-state index >= 15 is 0 Å². The highest BCUT2D eigenvalue weighted by atomic mass is 35.5. The molecule has 0 saturated carbocycles. The Morgan fingerprint density at radius 2 is 1.80 bits per heavy atom. The van der Waals surface area contributed by atoms with E-state index in [0.717, 1.165) is 18.7 Å². The summed E-state index contributed by atoms with van der Waals surface area (Å²) in [7, 11) is 1.35. The number of hydrogen-bond donors (Lipinski definition) is 4. The summed E-state index contributed by atoms with van der Waals surface area (Å²) in [6.45, 7) is 3.61. The van der Waals surface area contributed by atoms with E-state index in [1.54, 1.807) is 13.3 Å². The summed E-state index contributed by atoms with van der Waals surface area (Å²) in [5.74, 6) is -3.17. The molecule has 1 saturated heterocycles. The van der Waals surface area contributed by atoms with E-state index in [4.69, 9.17) is 14.2 Å². The number of benzene rings is 3.